The van der Waals surface area contributed by atoms with Gasteiger partial charge < -0.3 is 14.8 Å². The Morgan fingerprint density at radius 1 is 1.30 bits per heavy atom. The average Bonchev–Trinajstić information content (AvgIpc) is 2.37. The topological polar surface area (TPSA) is 47.6 Å². The maximum atomic E-state index is 12.0. The van der Waals surface area contributed by atoms with E-state index >= 15 is 0 Å². The van der Waals surface area contributed by atoms with Crippen LogP contribution in [0.15, 0.2) is 35.6 Å². The van der Waals surface area contributed by atoms with Gasteiger partial charge in [0.15, 0.2) is 0 Å². The van der Waals surface area contributed by atoms with Crippen LogP contribution in [0.4, 0.5) is 4.79 Å². The third-order valence-electron chi connectivity index (χ3n) is 3.01. The number of hydrogen-bond acceptors (Lipinski definition) is 3. The minimum Gasteiger partial charge on any atom is -0.496 e. The van der Waals surface area contributed by atoms with Crippen molar-refractivity contribution < 1.29 is 14.3 Å². The van der Waals surface area contributed by atoms with Gasteiger partial charge in [0.1, 0.15) is 11.4 Å². The van der Waals surface area contributed by atoms with Crippen molar-refractivity contribution in [2.24, 2.45) is 0 Å². The molecule has 0 radical (unpaired) electrons. The van der Waals surface area contributed by atoms with Crippen LogP contribution in [0.1, 0.15) is 60.8 Å². The summed E-state index contributed by atoms with van der Waals surface area (Å²) < 4.78 is 10.8. The molecule has 0 aromatic heterocycles. The predicted molar refractivity (Wildman–Crippen MR) is 96.3 cm³/mol. The van der Waals surface area contributed by atoms with Crippen molar-refractivity contribution >= 4 is 6.09 Å². The predicted octanol–water partition coefficient (Wildman–Crippen LogP) is 5.12. The fourth-order valence-corrected chi connectivity index (χ4v) is 2.24. The Labute approximate surface area is 141 Å². The van der Waals surface area contributed by atoms with E-state index in [0.717, 1.165) is 24.2 Å². The number of methoxy groups -OCH3 is 1. The van der Waals surface area contributed by atoms with Gasteiger partial charge in [-0.1, -0.05) is 31.6 Å². The molecular weight excluding hydrogens is 290 g/mol. The molecule has 132 valence electrons. The number of carbonyl (C=O) groups is 1. The Morgan fingerprint density at radius 2 is 1.91 bits per heavy atom. The standard InChI is InChI=1S/C19H33NO3/c1-9-11-16(20-18(21)23-19(5,6)7)13-15(12-14(3)4)17(10-2)22-8/h10,12,16H,2,9,11,13H2,1,3-8H3,(H,20,21)/b17-15-/t16-/m1/s1. The molecular formula is C19H33NO3. The molecule has 0 aliphatic rings. The van der Waals surface area contributed by atoms with Crippen molar-refractivity contribution in [2.75, 3.05) is 7.11 Å². The maximum Gasteiger partial charge on any atom is 0.407 e. The smallest absolute Gasteiger partial charge is 0.407 e. The number of nitrogens with one attached hydrogen (secondary N) is 1. The number of alkyl carbamates (subject to hydrolysis) is 1. The number of allylic oxidation sites excluding steroid dienone is 3. The third kappa shape index (κ3) is 9.82. The van der Waals surface area contributed by atoms with Crippen molar-refractivity contribution in [1.82, 2.24) is 5.32 Å². The largest absolute Gasteiger partial charge is 0.496 e. The Morgan fingerprint density at radius 3 is 2.30 bits per heavy atom. The van der Waals surface area contributed by atoms with E-state index in [9.17, 15) is 4.79 Å². The average molecular weight is 323 g/mol. The van der Waals surface area contributed by atoms with Gasteiger partial charge in [0.05, 0.1) is 7.11 Å². The highest BCUT2D eigenvalue weighted by molar-refractivity contribution is 5.68. The highest BCUT2D eigenvalue weighted by Gasteiger charge is 2.20. The van der Waals surface area contributed by atoms with E-state index in [1.54, 1.807) is 13.2 Å². The van der Waals surface area contributed by atoms with Crippen LogP contribution in [0.3, 0.4) is 0 Å². The minimum absolute atomic E-state index is 0.00875. The highest BCUT2D eigenvalue weighted by atomic mass is 16.6. The van der Waals surface area contributed by atoms with Gasteiger partial charge in [0.25, 0.3) is 0 Å². The van der Waals surface area contributed by atoms with E-state index in [1.165, 1.54) is 5.57 Å². The number of amides is 1. The Balaban J connectivity index is 5.21. The van der Waals surface area contributed by atoms with E-state index in [4.69, 9.17) is 9.47 Å². The van der Waals surface area contributed by atoms with Gasteiger partial charge >= 0.3 is 6.09 Å². The van der Waals surface area contributed by atoms with Gasteiger partial charge in [0.2, 0.25) is 0 Å². The van der Waals surface area contributed by atoms with Crippen LogP contribution in [0.5, 0.6) is 0 Å². The van der Waals surface area contributed by atoms with Crippen LogP contribution in [-0.4, -0.2) is 24.8 Å². The second-order valence-electron chi connectivity index (χ2n) is 6.86. The molecule has 0 bridgehead atoms. The molecule has 1 atom stereocenters. The second-order valence-corrected chi connectivity index (χ2v) is 6.86. The highest BCUT2D eigenvalue weighted by Crippen LogP contribution is 2.19. The molecule has 1 N–H and O–H groups in total. The van der Waals surface area contributed by atoms with Crippen molar-refractivity contribution in [3.63, 3.8) is 0 Å². The van der Waals surface area contributed by atoms with E-state index < -0.39 is 5.60 Å². The van der Waals surface area contributed by atoms with Crippen molar-refractivity contribution in [3.8, 4) is 0 Å². The van der Waals surface area contributed by atoms with Crippen LogP contribution in [0.25, 0.3) is 0 Å². The zero-order valence-corrected chi connectivity index (χ0v) is 15.8. The molecule has 0 aliphatic carbocycles. The minimum atomic E-state index is -0.502. The van der Waals surface area contributed by atoms with Gasteiger partial charge in [-0.3, -0.25) is 0 Å². The Kier molecular flexibility index (Phi) is 9.38. The zero-order chi connectivity index (χ0) is 18.0. The maximum absolute atomic E-state index is 12.0. The first-order valence-corrected chi connectivity index (χ1v) is 8.16. The summed E-state index contributed by atoms with van der Waals surface area (Å²) in [5.41, 5.74) is 1.69. The number of carbonyl (C=O) groups excluding carboxylic acids is 1. The molecule has 1 amide bonds. The SMILES string of the molecule is C=C/C(OC)=C(\C=C(C)C)C[C@@H](CCC)NC(=O)OC(C)(C)C. The Bertz CT molecular complexity index is 452. The molecule has 0 aromatic rings. The van der Waals surface area contributed by atoms with Crippen LogP contribution in [0.2, 0.25) is 0 Å². The number of hydrogen-bond donors (Lipinski definition) is 1. The fraction of sp³-hybridized carbons (Fsp3) is 0.632. The van der Waals surface area contributed by atoms with Crippen molar-refractivity contribution in [1.29, 1.82) is 0 Å². The summed E-state index contributed by atoms with van der Waals surface area (Å²) in [6.45, 7) is 15.5. The Hall–Kier alpha value is -1.71. The van der Waals surface area contributed by atoms with Crippen LogP contribution >= 0.6 is 0 Å². The molecule has 0 unspecified atom stereocenters. The molecule has 23 heavy (non-hydrogen) atoms. The summed E-state index contributed by atoms with van der Waals surface area (Å²) in [4.78, 5) is 12.0. The molecule has 0 heterocycles. The van der Waals surface area contributed by atoms with E-state index in [-0.39, 0.29) is 12.1 Å². The normalized spacial score (nSPS) is 13.5. The van der Waals surface area contributed by atoms with Crippen LogP contribution in [0, 0.1) is 0 Å². The third-order valence-corrected chi connectivity index (χ3v) is 3.01. The lowest BCUT2D eigenvalue weighted by Crippen LogP contribution is -2.39. The summed E-state index contributed by atoms with van der Waals surface area (Å²) in [5, 5.41) is 2.97. The molecule has 4 nitrogen and oxygen atoms in total. The zero-order valence-electron chi connectivity index (χ0n) is 15.8. The van der Waals surface area contributed by atoms with E-state index in [0.29, 0.717) is 6.42 Å². The lowest BCUT2D eigenvalue weighted by Gasteiger charge is -2.24. The first-order chi connectivity index (χ1) is 10.6. The van der Waals surface area contributed by atoms with E-state index in [1.807, 2.05) is 34.6 Å². The molecule has 0 spiro atoms. The molecule has 4 heteroatoms. The number of rotatable bonds is 8. The first kappa shape index (κ1) is 21.3. The van der Waals surface area contributed by atoms with Crippen LogP contribution in [-0.2, 0) is 9.47 Å². The summed E-state index contributed by atoms with van der Waals surface area (Å²) in [7, 11) is 1.63. The summed E-state index contributed by atoms with van der Waals surface area (Å²) >= 11 is 0. The van der Waals surface area contributed by atoms with Gasteiger partial charge in [-0.05, 0) is 59.1 Å². The molecule has 0 rings (SSSR count). The van der Waals surface area contributed by atoms with Gasteiger partial charge in [0, 0.05) is 6.04 Å². The monoisotopic (exact) mass is 323 g/mol. The van der Waals surface area contributed by atoms with Gasteiger partial charge in [-0.2, -0.15) is 0 Å². The second kappa shape index (κ2) is 10.1. The number of ether oxygens (including phenoxy) is 2. The summed E-state index contributed by atoms with van der Waals surface area (Å²) in [5.74, 6) is 0.735. The summed E-state index contributed by atoms with van der Waals surface area (Å²) in [6.07, 6.45) is 5.90. The lowest BCUT2D eigenvalue weighted by atomic mass is 9.99. The molecule has 0 aromatic carbocycles. The van der Waals surface area contributed by atoms with Crippen molar-refractivity contribution in [3.05, 3.63) is 35.6 Å². The van der Waals surface area contributed by atoms with Crippen LogP contribution < -0.4 is 5.32 Å². The molecule has 0 aliphatic heterocycles. The molecule has 0 saturated heterocycles. The summed E-state index contributed by atoms with van der Waals surface area (Å²) in [6, 6.07) is -0.00875. The van der Waals surface area contributed by atoms with Crippen molar-refractivity contribution in [2.45, 2.75) is 72.4 Å². The van der Waals surface area contributed by atoms with Gasteiger partial charge in [-0.15, -0.1) is 0 Å². The lowest BCUT2D eigenvalue weighted by molar-refractivity contribution is 0.0501. The quantitative estimate of drug-likeness (QED) is 0.498. The van der Waals surface area contributed by atoms with E-state index in [2.05, 4.69) is 24.9 Å². The first-order valence-electron chi connectivity index (χ1n) is 8.16. The molecule has 0 fully saturated rings. The molecule has 0 saturated carbocycles. The fourth-order valence-electron chi connectivity index (χ4n) is 2.24. The van der Waals surface area contributed by atoms with Gasteiger partial charge in [-0.25, -0.2) is 4.79 Å².